The number of halogens is 1. The smallest absolute Gasteiger partial charge is 0.248 e. The van der Waals surface area contributed by atoms with Crippen LogP contribution in [0.25, 0.3) is 16.8 Å². The van der Waals surface area contributed by atoms with E-state index in [-0.39, 0.29) is 16.9 Å². The van der Waals surface area contributed by atoms with Gasteiger partial charge in [-0.1, -0.05) is 42.5 Å². The molecule has 1 aliphatic rings. The third kappa shape index (κ3) is 5.01. The molecule has 0 fully saturated rings. The molecular formula is C30H30FN5O2. The first kappa shape index (κ1) is 25.5. The van der Waals surface area contributed by atoms with E-state index in [0.717, 1.165) is 16.7 Å². The number of primary amides is 1. The maximum absolute atomic E-state index is 15.6. The van der Waals surface area contributed by atoms with Crippen LogP contribution < -0.4 is 16.4 Å². The van der Waals surface area contributed by atoms with Crippen molar-refractivity contribution in [3.63, 3.8) is 0 Å². The standard InChI is InChI=1S/C30H30FN5O2/c1-30(2,3)35-15-20-7-4-5-10-22(20)18-11-12-23(24(31)14-18)26-28(37)27-25(16-33-26)34-17-36(27)21-9-6-8-19(13-21)29(32)38/h4-14,17,26,33,35H,15-16H2,1-3H3,(H2,32,38). The summed E-state index contributed by atoms with van der Waals surface area (Å²) >= 11 is 0. The largest absolute Gasteiger partial charge is 0.366 e. The minimum Gasteiger partial charge on any atom is -0.366 e. The third-order valence-electron chi connectivity index (χ3n) is 6.67. The van der Waals surface area contributed by atoms with Gasteiger partial charge in [0.1, 0.15) is 23.9 Å². The van der Waals surface area contributed by atoms with Crippen LogP contribution in [-0.2, 0) is 13.1 Å². The number of hydrogen-bond donors (Lipinski definition) is 3. The summed E-state index contributed by atoms with van der Waals surface area (Å²) in [7, 11) is 0. The molecule has 4 N–H and O–H groups in total. The van der Waals surface area contributed by atoms with Crippen LogP contribution >= 0.6 is 0 Å². The Morgan fingerprint density at radius 3 is 2.66 bits per heavy atom. The summed E-state index contributed by atoms with van der Waals surface area (Å²) < 4.78 is 17.2. The van der Waals surface area contributed by atoms with E-state index in [1.54, 1.807) is 34.9 Å². The number of benzene rings is 3. The Balaban J connectivity index is 1.46. The molecule has 0 saturated heterocycles. The molecule has 1 amide bonds. The molecule has 194 valence electrons. The zero-order valence-corrected chi connectivity index (χ0v) is 21.6. The fraction of sp³-hybridized carbons (Fsp3) is 0.233. The lowest BCUT2D eigenvalue weighted by Gasteiger charge is -2.25. The number of nitrogens with two attached hydrogens (primary N) is 1. The van der Waals surface area contributed by atoms with Crippen LogP contribution in [0.1, 0.15) is 64.5 Å². The quantitative estimate of drug-likeness (QED) is 0.349. The number of carbonyl (C=O) groups is 2. The topological polar surface area (TPSA) is 102 Å². The van der Waals surface area contributed by atoms with Crippen molar-refractivity contribution < 1.29 is 14.0 Å². The molecule has 5 rings (SSSR count). The minimum atomic E-state index is -0.871. The predicted octanol–water partition coefficient (Wildman–Crippen LogP) is 4.69. The summed E-state index contributed by atoms with van der Waals surface area (Å²) in [6, 6.07) is 18.7. The van der Waals surface area contributed by atoms with Crippen LogP contribution in [0.3, 0.4) is 0 Å². The first-order valence-corrected chi connectivity index (χ1v) is 12.5. The fourth-order valence-electron chi connectivity index (χ4n) is 4.71. The highest BCUT2D eigenvalue weighted by Gasteiger charge is 2.34. The Bertz CT molecular complexity index is 1540. The van der Waals surface area contributed by atoms with Crippen molar-refractivity contribution in [3.05, 3.63) is 107 Å². The van der Waals surface area contributed by atoms with E-state index >= 15 is 4.39 Å². The average molecular weight is 512 g/mol. The minimum absolute atomic E-state index is 0.0538. The van der Waals surface area contributed by atoms with E-state index in [1.165, 1.54) is 12.4 Å². The highest BCUT2D eigenvalue weighted by atomic mass is 19.1. The van der Waals surface area contributed by atoms with Gasteiger partial charge in [-0.15, -0.1) is 0 Å². The SMILES string of the molecule is CC(C)(C)NCc1ccccc1-c1ccc(C2NCc3ncn(-c4cccc(C(N)=O)c4)c3C2=O)c(F)c1. The number of nitrogens with one attached hydrogen (secondary N) is 2. The van der Waals surface area contributed by atoms with Gasteiger partial charge >= 0.3 is 0 Å². The number of ketones is 1. The summed E-state index contributed by atoms with van der Waals surface area (Å²) in [5.41, 5.74) is 10.2. The van der Waals surface area contributed by atoms with Gasteiger partial charge in [-0.3, -0.25) is 19.5 Å². The number of amides is 1. The van der Waals surface area contributed by atoms with Gasteiger partial charge in [0, 0.05) is 35.4 Å². The number of nitrogens with zero attached hydrogens (tertiary/aromatic N) is 2. The molecule has 1 atom stereocenters. The van der Waals surface area contributed by atoms with Gasteiger partial charge in [0.25, 0.3) is 0 Å². The number of carbonyl (C=O) groups excluding carboxylic acids is 2. The van der Waals surface area contributed by atoms with Crippen molar-refractivity contribution >= 4 is 11.7 Å². The van der Waals surface area contributed by atoms with Crippen LogP contribution in [0, 0.1) is 5.82 Å². The lowest BCUT2D eigenvalue weighted by Crippen LogP contribution is -2.36. The molecule has 0 bridgehead atoms. The highest BCUT2D eigenvalue weighted by Crippen LogP contribution is 2.32. The number of rotatable bonds is 6. The molecule has 4 aromatic rings. The number of fused-ring (bicyclic) bond motifs is 1. The first-order valence-electron chi connectivity index (χ1n) is 12.5. The Morgan fingerprint density at radius 1 is 1.13 bits per heavy atom. The third-order valence-corrected chi connectivity index (χ3v) is 6.67. The van der Waals surface area contributed by atoms with Gasteiger partial charge < -0.3 is 11.1 Å². The van der Waals surface area contributed by atoms with Gasteiger partial charge in [0.2, 0.25) is 11.7 Å². The molecule has 1 aliphatic heterocycles. The van der Waals surface area contributed by atoms with E-state index in [0.29, 0.717) is 35.7 Å². The summed E-state index contributed by atoms with van der Waals surface area (Å²) in [5, 5.41) is 6.62. The normalized spacial score (nSPS) is 15.4. The predicted molar refractivity (Wildman–Crippen MR) is 144 cm³/mol. The molecule has 0 aliphatic carbocycles. The summed E-state index contributed by atoms with van der Waals surface area (Å²) in [6.45, 7) is 7.25. The van der Waals surface area contributed by atoms with Gasteiger partial charge in [0.15, 0.2) is 0 Å². The van der Waals surface area contributed by atoms with Crippen LogP contribution in [0.5, 0.6) is 0 Å². The second-order valence-electron chi connectivity index (χ2n) is 10.5. The van der Waals surface area contributed by atoms with Crippen molar-refractivity contribution in [2.24, 2.45) is 5.73 Å². The van der Waals surface area contributed by atoms with Crippen molar-refractivity contribution in [2.75, 3.05) is 0 Å². The number of hydrogen-bond acceptors (Lipinski definition) is 5. The van der Waals surface area contributed by atoms with Crippen molar-refractivity contribution in [1.82, 2.24) is 20.2 Å². The second kappa shape index (κ2) is 9.96. The number of aromatic nitrogens is 2. The van der Waals surface area contributed by atoms with Gasteiger partial charge in [-0.25, -0.2) is 9.37 Å². The Labute approximate surface area is 220 Å². The van der Waals surface area contributed by atoms with E-state index < -0.39 is 17.8 Å². The van der Waals surface area contributed by atoms with Gasteiger partial charge in [-0.2, -0.15) is 0 Å². The second-order valence-corrected chi connectivity index (χ2v) is 10.5. The lowest BCUT2D eigenvalue weighted by atomic mass is 9.92. The molecule has 3 aromatic carbocycles. The van der Waals surface area contributed by atoms with Gasteiger partial charge in [-0.05, 0) is 61.7 Å². The molecule has 0 spiro atoms. The molecule has 2 heterocycles. The maximum atomic E-state index is 15.6. The molecule has 7 nitrogen and oxygen atoms in total. The first-order chi connectivity index (χ1) is 18.1. The number of imidazole rings is 1. The molecule has 1 aromatic heterocycles. The van der Waals surface area contributed by atoms with Crippen molar-refractivity contribution in [2.45, 2.75) is 45.4 Å². The fourth-order valence-corrected chi connectivity index (χ4v) is 4.71. The molecular weight excluding hydrogens is 481 g/mol. The van der Waals surface area contributed by atoms with E-state index in [4.69, 9.17) is 5.73 Å². The van der Waals surface area contributed by atoms with Gasteiger partial charge in [0.05, 0.1) is 5.69 Å². The highest BCUT2D eigenvalue weighted by molar-refractivity contribution is 6.02. The van der Waals surface area contributed by atoms with E-state index in [1.807, 2.05) is 30.3 Å². The molecule has 1 unspecified atom stereocenters. The number of Topliss-reactive ketones (excluding diaryl/α,β-unsaturated/α-hetero) is 1. The summed E-state index contributed by atoms with van der Waals surface area (Å²) in [5.74, 6) is -1.32. The maximum Gasteiger partial charge on any atom is 0.248 e. The average Bonchev–Trinajstić information content (AvgIpc) is 3.33. The molecule has 38 heavy (non-hydrogen) atoms. The summed E-state index contributed by atoms with van der Waals surface area (Å²) in [6.07, 6.45) is 1.54. The van der Waals surface area contributed by atoms with Crippen LogP contribution in [0.2, 0.25) is 0 Å². The monoisotopic (exact) mass is 511 g/mol. The van der Waals surface area contributed by atoms with Crippen molar-refractivity contribution in [3.8, 4) is 16.8 Å². The zero-order chi connectivity index (χ0) is 27.0. The van der Waals surface area contributed by atoms with Crippen molar-refractivity contribution in [1.29, 1.82) is 0 Å². The van der Waals surface area contributed by atoms with E-state index in [9.17, 15) is 9.59 Å². The Morgan fingerprint density at radius 2 is 1.92 bits per heavy atom. The molecule has 0 radical (unpaired) electrons. The molecule has 8 heteroatoms. The molecule has 0 saturated carbocycles. The van der Waals surface area contributed by atoms with Crippen LogP contribution in [0.4, 0.5) is 4.39 Å². The Hall–Kier alpha value is -4.14. The van der Waals surface area contributed by atoms with Crippen LogP contribution in [0.15, 0.2) is 73.1 Å². The van der Waals surface area contributed by atoms with E-state index in [2.05, 4.69) is 36.4 Å². The summed E-state index contributed by atoms with van der Waals surface area (Å²) in [4.78, 5) is 29.7. The Kier molecular flexibility index (Phi) is 6.69. The lowest BCUT2D eigenvalue weighted by molar-refractivity contribution is 0.0919. The van der Waals surface area contributed by atoms with Crippen LogP contribution in [-0.4, -0.2) is 26.8 Å². The zero-order valence-electron chi connectivity index (χ0n) is 21.6.